The van der Waals surface area contributed by atoms with E-state index < -0.39 is 11.7 Å². The molecule has 1 aliphatic heterocycles. The molecule has 0 radical (unpaired) electrons. The molecule has 8 heteroatoms. The van der Waals surface area contributed by atoms with Crippen LogP contribution >= 0.6 is 11.3 Å². The van der Waals surface area contributed by atoms with Crippen molar-refractivity contribution in [1.29, 1.82) is 0 Å². The number of halogens is 3. The average molecular weight is 342 g/mol. The second kappa shape index (κ2) is 6.19. The van der Waals surface area contributed by atoms with E-state index in [0.717, 1.165) is 23.2 Å². The van der Waals surface area contributed by atoms with Gasteiger partial charge in [-0.05, 0) is 17.5 Å². The molecule has 2 aromatic rings. The van der Waals surface area contributed by atoms with Gasteiger partial charge in [0.05, 0.1) is 25.1 Å². The van der Waals surface area contributed by atoms with Gasteiger partial charge in [0.25, 0.3) is 0 Å². The fraction of sp³-hybridized carbons (Fsp3) is 0.333. The van der Waals surface area contributed by atoms with E-state index in [4.69, 9.17) is 4.74 Å². The number of alkyl halides is 3. The van der Waals surface area contributed by atoms with Crippen molar-refractivity contribution in [2.24, 2.45) is 0 Å². The SMILES string of the molecule is O=C(Cc1cccs1)N1CC(Oc2cc(C(F)(F)F)ccn2)C1. The van der Waals surface area contributed by atoms with Crippen molar-refractivity contribution in [3.63, 3.8) is 0 Å². The van der Waals surface area contributed by atoms with Crippen molar-refractivity contribution in [2.75, 3.05) is 13.1 Å². The molecule has 1 fully saturated rings. The maximum atomic E-state index is 12.6. The number of likely N-dealkylation sites (tertiary alicyclic amines) is 1. The van der Waals surface area contributed by atoms with Gasteiger partial charge < -0.3 is 9.64 Å². The second-order valence-electron chi connectivity index (χ2n) is 5.18. The first-order valence-corrected chi connectivity index (χ1v) is 7.80. The summed E-state index contributed by atoms with van der Waals surface area (Å²) in [4.78, 5) is 18.4. The van der Waals surface area contributed by atoms with Crippen LogP contribution in [0.5, 0.6) is 5.88 Å². The van der Waals surface area contributed by atoms with Crippen LogP contribution in [0.25, 0.3) is 0 Å². The molecule has 23 heavy (non-hydrogen) atoms. The maximum Gasteiger partial charge on any atom is 0.416 e. The Morgan fingerprint density at radius 2 is 2.17 bits per heavy atom. The molecule has 1 saturated heterocycles. The highest BCUT2D eigenvalue weighted by Crippen LogP contribution is 2.31. The molecule has 3 rings (SSSR count). The number of nitrogens with zero attached hydrogens (tertiary/aromatic N) is 2. The highest BCUT2D eigenvalue weighted by atomic mass is 32.1. The number of carbonyl (C=O) groups excluding carboxylic acids is 1. The van der Waals surface area contributed by atoms with Crippen molar-refractivity contribution in [1.82, 2.24) is 9.88 Å². The third kappa shape index (κ3) is 3.82. The van der Waals surface area contributed by atoms with Crippen molar-refractivity contribution < 1.29 is 22.7 Å². The third-order valence-corrected chi connectivity index (χ3v) is 4.33. The minimum absolute atomic E-state index is 0.00991. The van der Waals surface area contributed by atoms with E-state index in [0.29, 0.717) is 19.5 Å². The quantitative estimate of drug-likeness (QED) is 0.858. The predicted octanol–water partition coefficient (Wildman–Crippen LogP) is 2.99. The van der Waals surface area contributed by atoms with Crippen molar-refractivity contribution in [3.8, 4) is 5.88 Å². The van der Waals surface area contributed by atoms with Gasteiger partial charge in [-0.15, -0.1) is 11.3 Å². The van der Waals surface area contributed by atoms with Gasteiger partial charge in [-0.1, -0.05) is 6.07 Å². The zero-order valence-corrected chi connectivity index (χ0v) is 12.7. The third-order valence-electron chi connectivity index (χ3n) is 3.46. The molecule has 3 heterocycles. The summed E-state index contributed by atoms with van der Waals surface area (Å²) in [5.41, 5.74) is -0.799. The Labute approximate surface area is 134 Å². The lowest BCUT2D eigenvalue weighted by atomic mass is 10.1. The minimum Gasteiger partial charge on any atom is -0.471 e. The van der Waals surface area contributed by atoms with E-state index in [-0.39, 0.29) is 17.9 Å². The topological polar surface area (TPSA) is 42.4 Å². The monoisotopic (exact) mass is 342 g/mol. The second-order valence-corrected chi connectivity index (χ2v) is 6.21. The smallest absolute Gasteiger partial charge is 0.416 e. The number of ether oxygens (including phenoxy) is 1. The van der Waals surface area contributed by atoms with Crippen LogP contribution in [0.1, 0.15) is 10.4 Å². The van der Waals surface area contributed by atoms with E-state index in [1.54, 1.807) is 4.90 Å². The summed E-state index contributed by atoms with van der Waals surface area (Å²) in [5.74, 6) is -0.0838. The largest absolute Gasteiger partial charge is 0.471 e. The normalized spacial score (nSPS) is 15.3. The number of carbonyl (C=O) groups is 1. The summed E-state index contributed by atoms with van der Waals surface area (Å²) < 4.78 is 43.2. The fourth-order valence-electron chi connectivity index (χ4n) is 2.21. The van der Waals surface area contributed by atoms with Crippen LogP contribution in [-0.2, 0) is 17.4 Å². The molecule has 0 aromatic carbocycles. The highest BCUT2D eigenvalue weighted by Gasteiger charge is 2.34. The molecule has 0 unspecified atom stereocenters. The molecule has 4 nitrogen and oxygen atoms in total. The Kier molecular flexibility index (Phi) is 4.25. The average Bonchev–Trinajstić information content (AvgIpc) is 2.94. The number of rotatable bonds is 4. The van der Waals surface area contributed by atoms with Gasteiger partial charge in [0.15, 0.2) is 0 Å². The first-order chi connectivity index (χ1) is 10.9. The zero-order chi connectivity index (χ0) is 16.4. The van der Waals surface area contributed by atoms with Crippen LogP contribution in [-0.4, -0.2) is 35.0 Å². The minimum atomic E-state index is -4.43. The molecular formula is C15H13F3N2O2S. The Morgan fingerprint density at radius 1 is 1.39 bits per heavy atom. The van der Waals surface area contributed by atoms with Gasteiger partial charge in [0.2, 0.25) is 11.8 Å². The lowest BCUT2D eigenvalue weighted by Crippen LogP contribution is -2.56. The highest BCUT2D eigenvalue weighted by molar-refractivity contribution is 7.10. The maximum absolute atomic E-state index is 12.6. The van der Waals surface area contributed by atoms with E-state index in [2.05, 4.69) is 4.98 Å². The lowest BCUT2D eigenvalue weighted by molar-refractivity contribution is -0.139. The van der Waals surface area contributed by atoms with Gasteiger partial charge in [-0.3, -0.25) is 4.79 Å². The molecule has 0 aliphatic carbocycles. The van der Waals surface area contributed by atoms with E-state index in [1.165, 1.54) is 11.3 Å². The van der Waals surface area contributed by atoms with Crippen molar-refractivity contribution in [3.05, 3.63) is 46.3 Å². The number of amides is 1. The number of hydrogen-bond donors (Lipinski definition) is 0. The Balaban J connectivity index is 1.51. The number of aromatic nitrogens is 1. The van der Waals surface area contributed by atoms with Gasteiger partial charge in [0.1, 0.15) is 6.10 Å². The molecule has 1 aliphatic rings. The zero-order valence-electron chi connectivity index (χ0n) is 11.9. The first-order valence-electron chi connectivity index (χ1n) is 6.92. The Morgan fingerprint density at radius 3 is 2.83 bits per heavy atom. The van der Waals surface area contributed by atoms with Crippen LogP contribution in [0.15, 0.2) is 35.8 Å². The summed E-state index contributed by atoms with van der Waals surface area (Å²) in [5, 5.41) is 1.91. The molecule has 122 valence electrons. The van der Waals surface area contributed by atoms with Crippen LogP contribution in [0.2, 0.25) is 0 Å². The van der Waals surface area contributed by atoms with E-state index >= 15 is 0 Å². The molecule has 0 N–H and O–H groups in total. The van der Waals surface area contributed by atoms with E-state index in [1.807, 2.05) is 17.5 Å². The van der Waals surface area contributed by atoms with Crippen LogP contribution in [0.4, 0.5) is 13.2 Å². The fourth-order valence-corrected chi connectivity index (χ4v) is 2.91. The van der Waals surface area contributed by atoms with Crippen LogP contribution in [0, 0.1) is 0 Å². The predicted molar refractivity (Wildman–Crippen MR) is 78.3 cm³/mol. The summed E-state index contributed by atoms with van der Waals surface area (Å²) in [7, 11) is 0. The van der Waals surface area contributed by atoms with Crippen LogP contribution in [0.3, 0.4) is 0 Å². The summed E-state index contributed by atoms with van der Waals surface area (Å²) in [6.07, 6.45) is -3.34. The molecule has 0 bridgehead atoms. The summed E-state index contributed by atoms with van der Waals surface area (Å²) >= 11 is 1.52. The first kappa shape index (κ1) is 15.8. The van der Waals surface area contributed by atoms with Gasteiger partial charge in [0, 0.05) is 17.1 Å². The Hall–Kier alpha value is -2.09. The standard InChI is InChI=1S/C15H13F3N2O2S/c16-15(17,18)10-3-4-19-13(6-10)22-11-8-20(9-11)14(21)7-12-2-1-5-23-12/h1-6,11H,7-9H2. The van der Waals surface area contributed by atoms with Gasteiger partial charge >= 0.3 is 6.18 Å². The summed E-state index contributed by atoms with van der Waals surface area (Å²) in [6.45, 7) is 0.726. The van der Waals surface area contributed by atoms with Gasteiger partial charge in [-0.2, -0.15) is 13.2 Å². The molecule has 1 amide bonds. The number of thiophene rings is 1. The Bertz CT molecular complexity index is 682. The van der Waals surface area contributed by atoms with E-state index in [9.17, 15) is 18.0 Å². The van der Waals surface area contributed by atoms with Crippen LogP contribution < -0.4 is 4.74 Å². The molecule has 0 atom stereocenters. The number of pyridine rings is 1. The number of hydrogen-bond acceptors (Lipinski definition) is 4. The molecule has 0 spiro atoms. The van der Waals surface area contributed by atoms with Crippen molar-refractivity contribution >= 4 is 17.2 Å². The molecule has 2 aromatic heterocycles. The lowest BCUT2D eigenvalue weighted by Gasteiger charge is -2.38. The summed E-state index contributed by atoms with van der Waals surface area (Å²) in [6, 6.07) is 5.54. The van der Waals surface area contributed by atoms with Gasteiger partial charge in [-0.25, -0.2) is 4.98 Å². The van der Waals surface area contributed by atoms with Crippen molar-refractivity contribution in [2.45, 2.75) is 18.7 Å². The molecular weight excluding hydrogens is 329 g/mol. The molecule has 0 saturated carbocycles.